The molecule has 21 heavy (non-hydrogen) atoms. The summed E-state index contributed by atoms with van der Waals surface area (Å²) in [4.78, 5) is 4.90. The molecule has 2 heteroatoms. The highest BCUT2D eigenvalue weighted by Gasteiger charge is 2.18. The highest BCUT2D eigenvalue weighted by Crippen LogP contribution is 2.33. The van der Waals surface area contributed by atoms with Gasteiger partial charge in [-0.15, -0.1) is 0 Å². The van der Waals surface area contributed by atoms with E-state index in [1.165, 1.54) is 24.0 Å². The summed E-state index contributed by atoms with van der Waals surface area (Å²) in [6.45, 7) is 2.24. The van der Waals surface area contributed by atoms with Crippen molar-refractivity contribution in [2.45, 2.75) is 25.0 Å². The minimum absolute atomic E-state index is 0.512. The lowest BCUT2D eigenvalue weighted by Gasteiger charge is -2.20. The van der Waals surface area contributed by atoms with E-state index >= 15 is 0 Å². The Hall–Kier alpha value is -1.80. The van der Waals surface area contributed by atoms with Crippen LogP contribution in [0.5, 0.6) is 0 Å². The first-order valence-electron chi connectivity index (χ1n) is 7.45. The molecule has 0 radical (unpaired) electrons. The van der Waals surface area contributed by atoms with Crippen molar-refractivity contribution in [3.63, 3.8) is 0 Å². The third-order valence-electron chi connectivity index (χ3n) is 3.49. The van der Waals surface area contributed by atoms with Crippen molar-refractivity contribution in [2.75, 3.05) is 0 Å². The number of rotatable bonds is 4. The second-order valence-corrected chi connectivity index (χ2v) is 6.37. The van der Waals surface area contributed by atoms with Gasteiger partial charge in [0.1, 0.15) is 5.04 Å². The van der Waals surface area contributed by atoms with Crippen molar-refractivity contribution in [1.29, 1.82) is 0 Å². The molecule has 1 aliphatic rings. The molecule has 0 spiro atoms. The van der Waals surface area contributed by atoms with Gasteiger partial charge in [-0.05, 0) is 18.1 Å². The number of benzene rings is 2. The van der Waals surface area contributed by atoms with Gasteiger partial charge in [0.2, 0.25) is 0 Å². The van der Waals surface area contributed by atoms with Crippen LogP contribution in [0.1, 0.15) is 30.9 Å². The van der Waals surface area contributed by atoms with Crippen molar-refractivity contribution in [2.24, 2.45) is 4.99 Å². The topological polar surface area (TPSA) is 12.4 Å². The Morgan fingerprint density at radius 3 is 2.14 bits per heavy atom. The number of hydrogen-bond acceptors (Lipinski definition) is 2. The summed E-state index contributed by atoms with van der Waals surface area (Å²) in [5.41, 5.74) is 3.52. The van der Waals surface area contributed by atoms with Crippen molar-refractivity contribution < 1.29 is 0 Å². The van der Waals surface area contributed by atoms with Gasteiger partial charge in [-0.25, -0.2) is 4.99 Å². The molecular weight excluding hydrogens is 274 g/mol. The highest BCUT2D eigenvalue weighted by atomic mass is 32.2. The quantitative estimate of drug-likeness (QED) is 0.736. The maximum atomic E-state index is 4.90. The number of nitrogens with zero attached hydrogens (tertiary/aromatic N) is 1. The Kier molecular flexibility index (Phi) is 4.56. The summed E-state index contributed by atoms with van der Waals surface area (Å²) < 4.78 is 0. The van der Waals surface area contributed by atoms with Crippen LogP contribution in [0.2, 0.25) is 0 Å². The molecule has 106 valence electrons. The largest absolute Gasteiger partial charge is 0.241 e. The molecular formula is C19H19NS. The molecule has 1 unspecified atom stereocenters. The van der Waals surface area contributed by atoms with E-state index in [-0.39, 0.29) is 0 Å². The summed E-state index contributed by atoms with van der Waals surface area (Å²) >= 11 is 1.88. The third kappa shape index (κ3) is 3.45. The Labute approximate surface area is 130 Å². The van der Waals surface area contributed by atoms with Crippen LogP contribution >= 0.6 is 11.8 Å². The Morgan fingerprint density at radius 1 is 0.905 bits per heavy atom. The number of thioether (sulfide) groups is 1. The maximum absolute atomic E-state index is 4.90. The van der Waals surface area contributed by atoms with E-state index in [4.69, 9.17) is 4.99 Å². The molecule has 0 aromatic heterocycles. The van der Waals surface area contributed by atoms with Crippen LogP contribution in [0.4, 0.5) is 0 Å². The highest BCUT2D eigenvalue weighted by molar-refractivity contribution is 8.15. The van der Waals surface area contributed by atoms with Gasteiger partial charge in [-0.1, -0.05) is 85.8 Å². The molecule has 1 aliphatic heterocycles. The lowest BCUT2D eigenvalue weighted by atomic mass is 10.1. The second-order valence-electron chi connectivity index (χ2n) is 5.15. The summed E-state index contributed by atoms with van der Waals surface area (Å²) in [7, 11) is 0. The number of hydrogen-bond donors (Lipinski definition) is 0. The Balaban J connectivity index is 1.98. The first-order valence-corrected chi connectivity index (χ1v) is 8.33. The van der Waals surface area contributed by atoms with Crippen LogP contribution in [-0.4, -0.2) is 10.3 Å². The molecule has 1 nitrogen and oxygen atoms in total. The zero-order valence-corrected chi connectivity index (χ0v) is 13.0. The van der Waals surface area contributed by atoms with Gasteiger partial charge in [-0.3, -0.25) is 0 Å². The van der Waals surface area contributed by atoms with E-state index in [9.17, 15) is 0 Å². The maximum Gasteiger partial charge on any atom is 0.104 e. The third-order valence-corrected chi connectivity index (χ3v) is 4.72. The van der Waals surface area contributed by atoms with Gasteiger partial charge >= 0.3 is 0 Å². The van der Waals surface area contributed by atoms with E-state index < -0.39 is 0 Å². The molecule has 3 rings (SSSR count). The average Bonchev–Trinajstić information content (AvgIpc) is 2.56. The predicted molar refractivity (Wildman–Crippen MR) is 93.7 cm³/mol. The molecule has 0 saturated heterocycles. The van der Waals surface area contributed by atoms with Crippen LogP contribution in [0.15, 0.2) is 71.7 Å². The molecule has 1 heterocycles. The monoisotopic (exact) mass is 293 g/mol. The lowest BCUT2D eigenvalue weighted by Crippen LogP contribution is -2.10. The summed E-state index contributed by atoms with van der Waals surface area (Å²) in [6.07, 6.45) is 4.70. The average molecular weight is 293 g/mol. The summed E-state index contributed by atoms with van der Waals surface area (Å²) in [5.74, 6) is 0. The van der Waals surface area contributed by atoms with Gasteiger partial charge in [-0.2, -0.15) is 0 Å². The van der Waals surface area contributed by atoms with Crippen LogP contribution in [0.3, 0.4) is 0 Å². The zero-order chi connectivity index (χ0) is 14.5. The van der Waals surface area contributed by atoms with Crippen molar-refractivity contribution in [1.82, 2.24) is 0 Å². The minimum Gasteiger partial charge on any atom is -0.241 e. The molecule has 1 atom stereocenters. The number of aliphatic imine (C=N–C) groups is 1. The fraction of sp³-hybridized carbons (Fsp3) is 0.211. The normalized spacial score (nSPS) is 18.0. The molecule has 0 bridgehead atoms. The van der Waals surface area contributed by atoms with Gasteiger partial charge in [0, 0.05) is 10.8 Å². The van der Waals surface area contributed by atoms with Gasteiger partial charge in [0.25, 0.3) is 0 Å². The summed E-state index contributed by atoms with van der Waals surface area (Å²) in [6, 6.07) is 21.0. The fourth-order valence-electron chi connectivity index (χ4n) is 2.44. The lowest BCUT2D eigenvalue weighted by molar-refractivity contribution is 0.829. The Bertz CT molecular complexity index is 644. The molecule has 0 fully saturated rings. The van der Waals surface area contributed by atoms with Gasteiger partial charge < -0.3 is 0 Å². The summed E-state index contributed by atoms with van der Waals surface area (Å²) in [5, 5.41) is 1.65. The van der Waals surface area contributed by atoms with E-state index in [0.29, 0.717) is 5.25 Å². The van der Waals surface area contributed by atoms with Crippen molar-refractivity contribution in [3.05, 3.63) is 77.9 Å². The van der Waals surface area contributed by atoms with Gasteiger partial charge in [0.15, 0.2) is 0 Å². The van der Waals surface area contributed by atoms with E-state index in [0.717, 1.165) is 10.7 Å². The first-order chi connectivity index (χ1) is 10.4. The predicted octanol–water partition coefficient (Wildman–Crippen LogP) is 5.39. The first kappa shape index (κ1) is 14.2. The van der Waals surface area contributed by atoms with Crippen LogP contribution < -0.4 is 0 Å². The van der Waals surface area contributed by atoms with Crippen LogP contribution in [-0.2, 0) is 0 Å². The molecule has 2 aromatic carbocycles. The van der Waals surface area contributed by atoms with E-state index in [2.05, 4.69) is 67.6 Å². The van der Waals surface area contributed by atoms with Crippen molar-refractivity contribution in [3.8, 4) is 0 Å². The molecule has 0 amide bonds. The molecule has 0 aliphatic carbocycles. The smallest absolute Gasteiger partial charge is 0.104 e. The van der Waals surface area contributed by atoms with Gasteiger partial charge in [0.05, 0.1) is 5.70 Å². The van der Waals surface area contributed by atoms with E-state index in [1.807, 2.05) is 17.8 Å². The zero-order valence-electron chi connectivity index (χ0n) is 12.2. The SMILES string of the molecule is CCCC1C=C(c2ccccc2)N=C(c2ccccc2)S1. The van der Waals surface area contributed by atoms with Crippen molar-refractivity contribution >= 4 is 22.5 Å². The standard InChI is InChI=1S/C19H19NS/c1-2-9-17-14-18(15-10-5-3-6-11-15)20-19(21-17)16-12-7-4-8-13-16/h3-8,10-14,17H,2,9H2,1H3. The Morgan fingerprint density at radius 2 is 1.52 bits per heavy atom. The van der Waals surface area contributed by atoms with Crippen LogP contribution in [0.25, 0.3) is 5.70 Å². The molecule has 0 N–H and O–H groups in total. The molecule has 0 saturated carbocycles. The van der Waals surface area contributed by atoms with Crippen LogP contribution in [0, 0.1) is 0 Å². The molecule has 2 aromatic rings. The second kappa shape index (κ2) is 6.77. The van der Waals surface area contributed by atoms with E-state index in [1.54, 1.807) is 0 Å². The minimum atomic E-state index is 0.512. The fourth-order valence-corrected chi connectivity index (χ4v) is 3.70.